The van der Waals surface area contributed by atoms with Crippen LogP contribution in [-0.2, 0) is 11.4 Å². The molecule has 6 nitrogen and oxygen atoms in total. The minimum Gasteiger partial charge on any atom is -0.489 e. The Hall–Kier alpha value is -3.67. The average molecular weight is 403 g/mol. The predicted molar refractivity (Wildman–Crippen MR) is 117 cm³/mol. The summed E-state index contributed by atoms with van der Waals surface area (Å²) in [5.74, 6) is 0.741. The molecule has 0 aliphatic heterocycles. The summed E-state index contributed by atoms with van der Waals surface area (Å²) in [6.07, 6.45) is 3.94. The van der Waals surface area contributed by atoms with Crippen LogP contribution < -0.4 is 15.4 Å². The van der Waals surface area contributed by atoms with Crippen molar-refractivity contribution in [2.24, 2.45) is 5.92 Å². The van der Waals surface area contributed by atoms with Crippen LogP contribution in [0.4, 0.5) is 11.4 Å². The van der Waals surface area contributed by atoms with E-state index in [-0.39, 0.29) is 11.8 Å². The fourth-order valence-electron chi connectivity index (χ4n) is 2.78. The molecule has 0 bridgehead atoms. The van der Waals surface area contributed by atoms with Crippen molar-refractivity contribution in [2.45, 2.75) is 26.9 Å². The van der Waals surface area contributed by atoms with E-state index in [0.29, 0.717) is 41.6 Å². The Kier molecular flexibility index (Phi) is 7.16. The molecule has 2 N–H and O–H groups in total. The second-order valence-corrected chi connectivity index (χ2v) is 7.35. The Bertz CT molecular complexity index is 969. The summed E-state index contributed by atoms with van der Waals surface area (Å²) in [5.41, 5.74) is 2.86. The monoisotopic (exact) mass is 403 g/mol. The summed E-state index contributed by atoms with van der Waals surface area (Å²) in [5, 5.41) is 5.69. The van der Waals surface area contributed by atoms with Crippen molar-refractivity contribution in [2.75, 3.05) is 10.6 Å². The minimum atomic E-state index is -0.217. The van der Waals surface area contributed by atoms with Gasteiger partial charge in [0.1, 0.15) is 12.4 Å². The zero-order valence-electron chi connectivity index (χ0n) is 17.1. The Morgan fingerprint density at radius 2 is 1.60 bits per heavy atom. The average Bonchev–Trinajstić information content (AvgIpc) is 2.74. The van der Waals surface area contributed by atoms with Crippen LogP contribution in [0.2, 0.25) is 0 Å². The van der Waals surface area contributed by atoms with Gasteiger partial charge in [-0.05, 0) is 60.5 Å². The van der Waals surface area contributed by atoms with Crippen molar-refractivity contribution in [1.29, 1.82) is 0 Å². The number of nitrogens with one attached hydrogen (secondary N) is 2. The molecule has 1 aromatic heterocycles. The van der Waals surface area contributed by atoms with Crippen LogP contribution >= 0.6 is 0 Å². The Labute approximate surface area is 176 Å². The van der Waals surface area contributed by atoms with E-state index in [2.05, 4.69) is 15.6 Å². The van der Waals surface area contributed by atoms with E-state index in [4.69, 9.17) is 4.74 Å². The Morgan fingerprint density at radius 3 is 2.20 bits per heavy atom. The topological polar surface area (TPSA) is 80.3 Å². The molecule has 0 atom stereocenters. The summed E-state index contributed by atoms with van der Waals surface area (Å²) in [7, 11) is 0. The first kappa shape index (κ1) is 21.0. The van der Waals surface area contributed by atoms with Gasteiger partial charge in [-0.1, -0.05) is 19.9 Å². The molecule has 0 radical (unpaired) electrons. The Morgan fingerprint density at radius 1 is 0.933 bits per heavy atom. The van der Waals surface area contributed by atoms with Crippen LogP contribution in [0.15, 0.2) is 73.1 Å². The van der Waals surface area contributed by atoms with Gasteiger partial charge in [0.05, 0.1) is 0 Å². The zero-order valence-corrected chi connectivity index (χ0v) is 17.1. The molecule has 0 saturated heterocycles. The molecule has 0 fully saturated rings. The van der Waals surface area contributed by atoms with Gasteiger partial charge in [-0.15, -0.1) is 0 Å². The molecule has 0 saturated carbocycles. The quantitative estimate of drug-likeness (QED) is 0.561. The lowest BCUT2D eigenvalue weighted by Gasteiger charge is -2.10. The standard InChI is InChI=1S/C24H25N3O3/c1-17(2)14-23(28)26-20-7-9-21(10-8-20)27-24(29)19-5-11-22(12-6-19)30-16-18-4-3-13-25-15-18/h3-13,15,17H,14,16H2,1-2H3,(H,26,28)(H,27,29). The summed E-state index contributed by atoms with van der Waals surface area (Å²) < 4.78 is 5.71. The van der Waals surface area contributed by atoms with E-state index in [1.807, 2.05) is 26.0 Å². The highest BCUT2D eigenvalue weighted by atomic mass is 16.5. The van der Waals surface area contributed by atoms with E-state index < -0.39 is 0 Å². The van der Waals surface area contributed by atoms with Gasteiger partial charge in [0.25, 0.3) is 5.91 Å². The van der Waals surface area contributed by atoms with Crippen LogP contribution in [0, 0.1) is 5.92 Å². The maximum absolute atomic E-state index is 12.5. The maximum atomic E-state index is 12.5. The molecule has 0 spiro atoms. The fraction of sp³-hybridized carbons (Fsp3) is 0.208. The van der Waals surface area contributed by atoms with Gasteiger partial charge < -0.3 is 15.4 Å². The van der Waals surface area contributed by atoms with E-state index in [0.717, 1.165) is 5.56 Å². The van der Waals surface area contributed by atoms with Crippen molar-refractivity contribution in [3.63, 3.8) is 0 Å². The number of pyridine rings is 1. The van der Waals surface area contributed by atoms with Gasteiger partial charge in [-0.2, -0.15) is 0 Å². The summed E-state index contributed by atoms with van der Waals surface area (Å²) in [6.45, 7) is 4.41. The highest BCUT2D eigenvalue weighted by Crippen LogP contribution is 2.18. The van der Waals surface area contributed by atoms with Crippen molar-refractivity contribution in [3.8, 4) is 5.75 Å². The highest BCUT2D eigenvalue weighted by Gasteiger charge is 2.08. The van der Waals surface area contributed by atoms with Gasteiger partial charge >= 0.3 is 0 Å². The van der Waals surface area contributed by atoms with Gasteiger partial charge in [-0.3, -0.25) is 14.6 Å². The lowest BCUT2D eigenvalue weighted by Crippen LogP contribution is -2.14. The highest BCUT2D eigenvalue weighted by molar-refractivity contribution is 6.04. The SMILES string of the molecule is CC(C)CC(=O)Nc1ccc(NC(=O)c2ccc(OCc3cccnc3)cc2)cc1. The molecule has 2 amide bonds. The first-order chi connectivity index (χ1) is 14.5. The third kappa shape index (κ3) is 6.44. The second kappa shape index (κ2) is 10.2. The lowest BCUT2D eigenvalue weighted by molar-refractivity contribution is -0.116. The van der Waals surface area contributed by atoms with E-state index in [9.17, 15) is 9.59 Å². The molecule has 1 heterocycles. The first-order valence-electron chi connectivity index (χ1n) is 9.82. The number of benzene rings is 2. The normalized spacial score (nSPS) is 10.5. The number of amides is 2. The minimum absolute atomic E-state index is 0.0207. The number of carbonyl (C=O) groups is 2. The van der Waals surface area contributed by atoms with Gasteiger partial charge in [0.15, 0.2) is 0 Å². The summed E-state index contributed by atoms with van der Waals surface area (Å²) in [4.78, 5) is 28.3. The molecule has 2 aromatic carbocycles. The lowest BCUT2D eigenvalue weighted by atomic mass is 10.1. The zero-order chi connectivity index (χ0) is 21.3. The van der Waals surface area contributed by atoms with Gasteiger partial charge in [-0.25, -0.2) is 0 Å². The van der Waals surface area contributed by atoms with Crippen LogP contribution in [0.5, 0.6) is 5.75 Å². The second-order valence-electron chi connectivity index (χ2n) is 7.35. The summed E-state index contributed by atoms with van der Waals surface area (Å²) >= 11 is 0. The number of hydrogen-bond donors (Lipinski definition) is 2. The fourth-order valence-corrected chi connectivity index (χ4v) is 2.78. The van der Waals surface area contributed by atoms with Crippen molar-refractivity contribution >= 4 is 23.2 Å². The maximum Gasteiger partial charge on any atom is 0.255 e. The van der Waals surface area contributed by atoms with Gasteiger partial charge in [0.2, 0.25) is 5.91 Å². The molecule has 154 valence electrons. The molecule has 0 aliphatic rings. The van der Waals surface area contributed by atoms with Crippen molar-refractivity contribution < 1.29 is 14.3 Å². The molecule has 30 heavy (non-hydrogen) atoms. The number of hydrogen-bond acceptors (Lipinski definition) is 4. The molecule has 6 heteroatoms. The van der Waals surface area contributed by atoms with Crippen LogP contribution in [-0.4, -0.2) is 16.8 Å². The number of aromatic nitrogens is 1. The number of ether oxygens (including phenoxy) is 1. The molecule has 0 unspecified atom stereocenters. The molecule has 0 aliphatic carbocycles. The van der Waals surface area contributed by atoms with Crippen molar-refractivity contribution in [1.82, 2.24) is 4.98 Å². The van der Waals surface area contributed by atoms with Crippen LogP contribution in [0.25, 0.3) is 0 Å². The van der Waals surface area contributed by atoms with Gasteiger partial charge in [0, 0.05) is 41.3 Å². The number of rotatable bonds is 8. The van der Waals surface area contributed by atoms with E-state index >= 15 is 0 Å². The smallest absolute Gasteiger partial charge is 0.255 e. The predicted octanol–water partition coefficient (Wildman–Crippen LogP) is 4.90. The van der Waals surface area contributed by atoms with Crippen LogP contribution in [0.3, 0.4) is 0 Å². The summed E-state index contributed by atoms with van der Waals surface area (Å²) in [6, 6.07) is 17.8. The van der Waals surface area contributed by atoms with Crippen LogP contribution in [0.1, 0.15) is 36.2 Å². The molecule has 3 rings (SSSR count). The molecular weight excluding hydrogens is 378 g/mol. The largest absolute Gasteiger partial charge is 0.489 e. The first-order valence-corrected chi connectivity index (χ1v) is 9.82. The number of anilines is 2. The molecular formula is C24H25N3O3. The molecule has 3 aromatic rings. The van der Waals surface area contributed by atoms with E-state index in [1.165, 1.54) is 0 Å². The van der Waals surface area contributed by atoms with E-state index in [1.54, 1.807) is 60.9 Å². The Balaban J connectivity index is 1.52. The van der Waals surface area contributed by atoms with Crippen molar-refractivity contribution in [3.05, 3.63) is 84.2 Å². The third-order valence-electron chi connectivity index (χ3n) is 4.26. The third-order valence-corrected chi connectivity index (χ3v) is 4.26. The number of nitrogens with zero attached hydrogens (tertiary/aromatic N) is 1. The number of carbonyl (C=O) groups excluding carboxylic acids is 2.